The van der Waals surface area contributed by atoms with Gasteiger partial charge in [-0.1, -0.05) is 20.8 Å². The Balaban J connectivity index is 2.89. The van der Waals surface area contributed by atoms with E-state index in [1.165, 1.54) is 11.2 Å². The molecule has 0 fully saturated rings. The minimum absolute atomic E-state index is 0.195. The van der Waals surface area contributed by atoms with Crippen LogP contribution in [0.4, 0.5) is 11.6 Å². The van der Waals surface area contributed by atoms with Gasteiger partial charge in [-0.15, -0.1) is 0 Å². The number of nitriles is 1. The minimum Gasteiger partial charge on any atom is -0.359 e. The van der Waals surface area contributed by atoms with Crippen molar-refractivity contribution >= 4 is 11.6 Å². The molecule has 1 rings (SSSR count). The van der Waals surface area contributed by atoms with Gasteiger partial charge in [-0.25, -0.2) is 9.97 Å². The van der Waals surface area contributed by atoms with E-state index in [2.05, 4.69) is 35.6 Å². The molecule has 0 saturated heterocycles. The summed E-state index contributed by atoms with van der Waals surface area (Å²) in [4.78, 5) is 11.8. The Morgan fingerprint density at radius 2 is 1.82 bits per heavy atom. The second-order valence-electron chi connectivity index (χ2n) is 5.31. The van der Waals surface area contributed by atoms with Crippen LogP contribution in [-0.4, -0.2) is 30.6 Å². The molecule has 0 unspecified atom stereocenters. The molecule has 1 heterocycles. The molecule has 0 atom stereocenters. The third-order valence-electron chi connectivity index (χ3n) is 2.23. The minimum atomic E-state index is 0.195. The van der Waals surface area contributed by atoms with Gasteiger partial charge in [0, 0.05) is 26.7 Å². The van der Waals surface area contributed by atoms with Crippen LogP contribution in [0.25, 0.3) is 0 Å². The fourth-order valence-corrected chi connectivity index (χ4v) is 1.57. The summed E-state index contributed by atoms with van der Waals surface area (Å²) in [5.41, 5.74) is 0.195. The molecule has 0 aliphatic carbocycles. The molecule has 0 amide bonds. The van der Waals surface area contributed by atoms with Crippen LogP contribution in [0.5, 0.6) is 0 Å². The lowest BCUT2D eigenvalue weighted by atomic mass is 9.96. The molecular weight excluding hydrogens is 214 g/mol. The molecule has 0 radical (unpaired) electrons. The summed E-state index contributed by atoms with van der Waals surface area (Å²) in [5.74, 6) is 1.44. The van der Waals surface area contributed by atoms with Crippen LogP contribution in [0.3, 0.4) is 0 Å². The van der Waals surface area contributed by atoms with Crippen molar-refractivity contribution in [2.24, 2.45) is 5.41 Å². The van der Waals surface area contributed by atoms with Crippen molar-refractivity contribution in [3.8, 4) is 6.19 Å². The lowest BCUT2D eigenvalue weighted by Crippen LogP contribution is -2.30. The van der Waals surface area contributed by atoms with Gasteiger partial charge in [-0.2, -0.15) is 5.26 Å². The third kappa shape index (κ3) is 3.91. The Bertz CT molecular complexity index is 416. The van der Waals surface area contributed by atoms with Gasteiger partial charge in [0.05, 0.1) is 0 Å². The molecule has 0 saturated carbocycles. The van der Waals surface area contributed by atoms with Crippen LogP contribution in [0.2, 0.25) is 0 Å². The number of nitrogens with zero attached hydrogens (tertiary/aromatic N) is 5. The predicted molar refractivity (Wildman–Crippen MR) is 68.8 cm³/mol. The van der Waals surface area contributed by atoms with E-state index < -0.39 is 0 Å². The van der Waals surface area contributed by atoms with E-state index in [0.29, 0.717) is 5.82 Å². The molecule has 5 heteroatoms. The van der Waals surface area contributed by atoms with E-state index in [9.17, 15) is 0 Å². The summed E-state index contributed by atoms with van der Waals surface area (Å²) in [5, 5.41) is 8.81. The molecular formula is C12H19N5. The highest BCUT2D eigenvalue weighted by Gasteiger charge is 2.15. The van der Waals surface area contributed by atoms with Gasteiger partial charge in [0.15, 0.2) is 6.19 Å². The van der Waals surface area contributed by atoms with E-state index in [1.807, 2.05) is 19.3 Å². The van der Waals surface area contributed by atoms with E-state index in [0.717, 1.165) is 12.4 Å². The van der Waals surface area contributed by atoms with Crippen molar-refractivity contribution in [1.29, 1.82) is 5.26 Å². The largest absolute Gasteiger partial charge is 0.359 e. The first kappa shape index (κ1) is 13.2. The van der Waals surface area contributed by atoms with Crippen molar-refractivity contribution in [1.82, 2.24) is 9.97 Å². The van der Waals surface area contributed by atoms with Gasteiger partial charge >= 0.3 is 0 Å². The van der Waals surface area contributed by atoms with Crippen LogP contribution < -0.4 is 9.80 Å². The van der Waals surface area contributed by atoms with E-state index in [-0.39, 0.29) is 5.41 Å². The Labute approximate surface area is 103 Å². The van der Waals surface area contributed by atoms with Crippen LogP contribution in [0.15, 0.2) is 12.4 Å². The summed E-state index contributed by atoms with van der Waals surface area (Å²) < 4.78 is 0. The quantitative estimate of drug-likeness (QED) is 0.589. The number of hydrogen-bond acceptors (Lipinski definition) is 5. The first-order valence-electron chi connectivity index (χ1n) is 5.50. The maximum atomic E-state index is 8.81. The normalized spacial score (nSPS) is 10.8. The molecule has 0 aromatic carbocycles. The van der Waals surface area contributed by atoms with Gasteiger partial charge in [0.1, 0.15) is 18.0 Å². The van der Waals surface area contributed by atoms with Crippen molar-refractivity contribution in [2.45, 2.75) is 20.8 Å². The third-order valence-corrected chi connectivity index (χ3v) is 2.23. The molecule has 1 aromatic heterocycles. The lowest BCUT2D eigenvalue weighted by molar-refractivity contribution is 0.418. The number of rotatable bonds is 3. The molecule has 0 aliphatic heterocycles. The zero-order chi connectivity index (χ0) is 13.1. The monoisotopic (exact) mass is 233 g/mol. The topological polar surface area (TPSA) is 56.1 Å². The average Bonchev–Trinajstić information content (AvgIpc) is 2.26. The average molecular weight is 233 g/mol. The summed E-state index contributed by atoms with van der Waals surface area (Å²) in [7, 11) is 3.67. The highest BCUT2D eigenvalue weighted by Crippen LogP contribution is 2.20. The fraction of sp³-hybridized carbons (Fsp3) is 0.583. The predicted octanol–water partition coefficient (Wildman–Crippen LogP) is 1.88. The van der Waals surface area contributed by atoms with Crippen LogP contribution in [-0.2, 0) is 0 Å². The second kappa shape index (κ2) is 5.00. The van der Waals surface area contributed by atoms with Crippen LogP contribution >= 0.6 is 0 Å². The Kier molecular flexibility index (Phi) is 3.89. The van der Waals surface area contributed by atoms with Gasteiger partial charge in [0.25, 0.3) is 0 Å². The Morgan fingerprint density at radius 1 is 1.24 bits per heavy atom. The van der Waals surface area contributed by atoms with Gasteiger partial charge < -0.3 is 4.90 Å². The highest BCUT2D eigenvalue weighted by atomic mass is 15.2. The molecule has 5 nitrogen and oxygen atoms in total. The van der Waals surface area contributed by atoms with Gasteiger partial charge in [0.2, 0.25) is 0 Å². The van der Waals surface area contributed by atoms with Crippen molar-refractivity contribution in [2.75, 3.05) is 30.4 Å². The summed E-state index contributed by atoms with van der Waals surface area (Å²) in [6.45, 7) is 7.41. The van der Waals surface area contributed by atoms with Gasteiger partial charge in [-0.05, 0) is 5.41 Å². The highest BCUT2D eigenvalue weighted by molar-refractivity contribution is 5.51. The van der Waals surface area contributed by atoms with Gasteiger partial charge in [-0.3, -0.25) is 4.90 Å². The van der Waals surface area contributed by atoms with Crippen molar-refractivity contribution in [3.05, 3.63) is 12.4 Å². The van der Waals surface area contributed by atoms with E-state index >= 15 is 0 Å². The summed E-state index contributed by atoms with van der Waals surface area (Å²) in [6.07, 6.45) is 3.50. The molecule has 0 N–H and O–H groups in total. The summed E-state index contributed by atoms with van der Waals surface area (Å²) >= 11 is 0. The maximum Gasteiger partial charge on any atom is 0.185 e. The summed E-state index contributed by atoms with van der Waals surface area (Å²) in [6, 6.07) is 1.81. The standard InChI is InChI=1S/C12H19N5/c1-12(2,3)7-16(4)10-6-11(15-9-14-10)17(5)8-13/h6,9H,7H2,1-5H3. The SMILES string of the molecule is CN(C#N)c1cc(N(C)CC(C)(C)C)ncn1. The zero-order valence-electron chi connectivity index (χ0n) is 11.1. The van der Waals surface area contributed by atoms with Crippen LogP contribution in [0.1, 0.15) is 20.8 Å². The Morgan fingerprint density at radius 3 is 2.35 bits per heavy atom. The molecule has 0 bridgehead atoms. The second-order valence-corrected chi connectivity index (χ2v) is 5.31. The number of anilines is 2. The molecule has 1 aromatic rings. The first-order chi connectivity index (χ1) is 7.83. The Hall–Kier alpha value is -1.83. The van der Waals surface area contributed by atoms with Crippen molar-refractivity contribution in [3.63, 3.8) is 0 Å². The van der Waals surface area contributed by atoms with E-state index in [1.54, 1.807) is 7.05 Å². The molecule has 0 aliphatic rings. The maximum absolute atomic E-state index is 8.81. The number of aromatic nitrogens is 2. The molecule has 92 valence electrons. The zero-order valence-corrected chi connectivity index (χ0v) is 11.1. The van der Waals surface area contributed by atoms with Crippen LogP contribution in [0, 0.1) is 16.9 Å². The molecule has 0 spiro atoms. The lowest BCUT2D eigenvalue weighted by Gasteiger charge is -2.27. The fourth-order valence-electron chi connectivity index (χ4n) is 1.57. The van der Waals surface area contributed by atoms with Crippen molar-refractivity contribution < 1.29 is 0 Å². The first-order valence-corrected chi connectivity index (χ1v) is 5.50. The molecule has 17 heavy (non-hydrogen) atoms. The number of hydrogen-bond donors (Lipinski definition) is 0. The smallest absolute Gasteiger partial charge is 0.185 e. The van der Waals surface area contributed by atoms with E-state index in [4.69, 9.17) is 5.26 Å².